The third kappa shape index (κ3) is 19.2. The van der Waals surface area contributed by atoms with Gasteiger partial charge in [-0.25, -0.2) is 24.4 Å². The van der Waals surface area contributed by atoms with E-state index in [9.17, 15) is 68.4 Å². The number of aromatic carboxylic acids is 2. The first kappa shape index (κ1) is 79.3. The van der Waals surface area contributed by atoms with Crippen molar-refractivity contribution in [1.29, 1.82) is 0 Å². The minimum absolute atomic E-state index is 0.00717. The van der Waals surface area contributed by atoms with Crippen molar-refractivity contribution < 1.29 is 81.9 Å². The number of aromatic nitrogens is 8. The second-order valence-electron chi connectivity index (χ2n) is 25.7. The van der Waals surface area contributed by atoms with Gasteiger partial charge < -0.3 is 86.7 Å². The lowest BCUT2D eigenvalue weighted by Gasteiger charge is -2.17. The highest BCUT2D eigenvalue weighted by molar-refractivity contribution is 8.00. The van der Waals surface area contributed by atoms with Crippen molar-refractivity contribution in [3.8, 4) is 68.2 Å². The molecule has 116 heavy (non-hydrogen) atoms. The Morgan fingerprint density at radius 1 is 0.509 bits per heavy atom. The Balaban J connectivity index is 0.000000166. The zero-order chi connectivity index (χ0) is 81.7. The number of benzene rings is 8. The molecule has 34 nitrogen and oxygen atoms in total. The highest BCUT2D eigenvalue weighted by atomic mass is 32.2. The number of nitrogen functional groups attached to an aromatic ring is 2. The fourth-order valence-corrected chi connectivity index (χ4v) is 13.6. The maximum atomic E-state index is 12.8. The molecule has 1 fully saturated rings. The van der Waals surface area contributed by atoms with Crippen LogP contribution in [-0.2, 0) is 59.9 Å². The number of aromatic amines is 2. The number of H-pyrrole nitrogens is 2. The number of amides is 5. The van der Waals surface area contributed by atoms with Gasteiger partial charge in [-0.3, -0.25) is 33.6 Å². The number of aromatic hydroxyl groups is 2. The fraction of sp³-hybridized carbons (Fsp3) is 0.150. The molecule has 4 aromatic heterocycles. The molecular formula is C80H67N15O19S2. The van der Waals surface area contributed by atoms with Gasteiger partial charge in [-0.15, -0.1) is 5.06 Å². The van der Waals surface area contributed by atoms with Crippen LogP contribution < -0.4 is 53.5 Å². The van der Waals surface area contributed by atoms with E-state index in [0.29, 0.717) is 109 Å². The predicted octanol–water partition coefficient (Wildman–Crippen LogP) is 9.78. The van der Waals surface area contributed by atoms with E-state index in [0.717, 1.165) is 34.0 Å². The number of phenolic OH excluding ortho intramolecular Hbond substituents is 2. The number of nitrogens with two attached hydrogens (primary N) is 3. The monoisotopic (exact) mass is 1610 g/mol. The lowest BCUT2D eigenvalue weighted by Crippen LogP contribution is -2.32. The largest absolute Gasteiger partial charge is 0.508 e. The van der Waals surface area contributed by atoms with E-state index in [1.807, 2.05) is 48.5 Å². The number of carboxylic acids is 2. The van der Waals surface area contributed by atoms with E-state index >= 15 is 0 Å². The van der Waals surface area contributed by atoms with Crippen molar-refractivity contribution in [2.24, 2.45) is 5.73 Å². The van der Waals surface area contributed by atoms with Crippen LogP contribution in [-0.4, -0.2) is 136 Å². The van der Waals surface area contributed by atoms with Gasteiger partial charge in [-0.1, -0.05) is 60.7 Å². The number of hydroxylamine groups is 2. The summed E-state index contributed by atoms with van der Waals surface area (Å²) in [5, 5.41) is 50.0. The van der Waals surface area contributed by atoms with Gasteiger partial charge in [-0.2, -0.15) is 43.5 Å². The molecular weight excluding hydrogens is 1540 g/mol. The number of carbonyl (C=O) groups excluding carboxylic acids is 6. The topological polar surface area (TPSA) is 532 Å². The van der Waals surface area contributed by atoms with Crippen LogP contribution >= 0.6 is 23.5 Å². The van der Waals surface area contributed by atoms with Crippen molar-refractivity contribution in [3.63, 3.8) is 0 Å². The first-order valence-corrected chi connectivity index (χ1v) is 37.6. The summed E-state index contributed by atoms with van der Waals surface area (Å²) < 4.78 is 23.2. The number of ether oxygens (including phenoxy) is 2. The Labute approximate surface area is 662 Å². The summed E-state index contributed by atoms with van der Waals surface area (Å²) in [5.41, 5.74) is 25.7. The quantitative estimate of drug-likeness (QED) is 0.0136. The van der Waals surface area contributed by atoms with Gasteiger partial charge in [-0.05, 0) is 106 Å². The molecule has 5 aliphatic rings. The molecule has 6 aromatic carbocycles. The van der Waals surface area contributed by atoms with Gasteiger partial charge in [0.1, 0.15) is 58.4 Å². The van der Waals surface area contributed by atoms with E-state index in [1.165, 1.54) is 103 Å². The molecule has 2 aliphatic carbocycles. The normalized spacial score (nSPS) is 11.8. The minimum Gasteiger partial charge on any atom is -0.508 e. The summed E-state index contributed by atoms with van der Waals surface area (Å²) >= 11 is 2.38. The van der Waals surface area contributed by atoms with Crippen LogP contribution in [0.5, 0.6) is 23.3 Å². The summed E-state index contributed by atoms with van der Waals surface area (Å²) in [7, 11) is 0. The Hall–Kier alpha value is -14.8. The lowest BCUT2D eigenvalue weighted by molar-refractivity contribution is -0.197. The molecule has 0 bridgehead atoms. The van der Waals surface area contributed by atoms with Crippen molar-refractivity contribution in [2.75, 3.05) is 45.1 Å². The summed E-state index contributed by atoms with van der Waals surface area (Å²) in [6.07, 6.45) is 3.06. The summed E-state index contributed by atoms with van der Waals surface area (Å²) in [4.78, 5) is 157. The Morgan fingerprint density at radius 2 is 0.948 bits per heavy atom. The fourth-order valence-electron chi connectivity index (χ4n) is 12.2. The van der Waals surface area contributed by atoms with E-state index in [2.05, 4.69) is 55.8 Å². The number of imidazole rings is 2. The number of hydrogen-bond acceptors (Lipinski definition) is 28. The van der Waals surface area contributed by atoms with Crippen molar-refractivity contribution in [2.45, 2.75) is 52.0 Å². The number of nitrogens with one attached hydrogen (secondary N) is 5. The van der Waals surface area contributed by atoms with Crippen LogP contribution in [0.25, 0.3) is 89.2 Å². The summed E-state index contributed by atoms with van der Waals surface area (Å²) in [6, 6.07) is 41.6. The number of fused-ring (bicyclic) bond motifs is 6. The number of carboxylic acid groups (broad SMARTS) is 2. The molecule has 7 heterocycles. The van der Waals surface area contributed by atoms with E-state index in [1.54, 1.807) is 30.3 Å². The van der Waals surface area contributed by atoms with Crippen molar-refractivity contribution >= 4 is 139 Å². The molecule has 5 amide bonds. The Bertz CT molecular complexity index is 6180. The first-order chi connectivity index (χ1) is 56.0. The van der Waals surface area contributed by atoms with Crippen LogP contribution in [0.1, 0.15) is 68.7 Å². The van der Waals surface area contributed by atoms with Crippen molar-refractivity contribution in [3.05, 3.63) is 224 Å². The predicted molar refractivity (Wildman–Crippen MR) is 428 cm³/mol. The molecule has 1 saturated heterocycles. The van der Waals surface area contributed by atoms with E-state index in [-0.39, 0.29) is 141 Å². The smallest absolute Gasteiger partial charge is 0.336 e. The molecule has 3 aliphatic heterocycles. The number of phenols is 2. The van der Waals surface area contributed by atoms with Crippen LogP contribution in [0, 0.1) is 0 Å². The second-order valence-corrected chi connectivity index (χ2v) is 27.9. The number of nitrogens with zero attached hydrogens (tertiary/aromatic N) is 7. The molecule has 36 heteroatoms. The summed E-state index contributed by atoms with van der Waals surface area (Å²) in [5.74, 6) is -3.62. The highest BCUT2D eigenvalue weighted by Crippen LogP contribution is 2.45. The number of hydrogen-bond donors (Lipinski definition) is 12. The van der Waals surface area contributed by atoms with Gasteiger partial charge in [0.05, 0.1) is 41.7 Å². The number of rotatable bonds is 26. The van der Waals surface area contributed by atoms with Gasteiger partial charge in [0.25, 0.3) is 11.8 Å². The highest BCUT2D eigenvalue weighted by Gasteiger charge is 2.33. The Morgan fingerprint density at radius 3 is 1.41 bits per heavy atom. The maximum Gasteiger partial charge on any atom is 0.336 e. The molecule has 0 spiro atoms. The lowest BCUT2D eigenvalue weighted by atomic mass is 9.90. The molecule has 0 radical (unpaired) electrons. The number of imide groups is 1. The molecule has 15 rings (SSSR count). The average molecular weight is 1610 g/mol. The SMILES string of the molecule is NCc1ccc(COc2nc(N)nc3nc[nH]c23)cc1.Nc1nc(OCc2ccc(CNC(=O)CCSCC(=O)Nc3ccc(-c4c5ccc(=O)cc-5oc5cc(O)ccc45)c(C(=O)O)c3)cc2)c2[nH]cnc2n1.O=C(CSCCC(=O)ON1C(=O)CCC1=O)Nc1ccc(-c2c3ccc(=O)cc-3oc3cc(O)ccc23)c(C(=O)O)c1. The molecule has 0 atom stereocenters. The number of anilines is 4. The van der Waals surface area contributed by atoms with Crippen LogP contribution in [0.4, 0.5) is 23.3 Å². The zero-order valence-corrected chi connectivity index (χ0v) is 62.4. The number of carbonyl (C=O) groups is 8. The van der Waals surface area contributed by atoms with Crippen molar-refractivity contribution in [1.82, 2.24) is 50.3 Å². The molecule has 0 saturated carbocycles. The standard InChI is InChI=1S/C38H31N7O8S.C29H22N2O10S.C13H14N6O/c39-38-44-35-34(41-19-42-35)36(45-38)52-17-21-3-1-20(2-4-21)16-40-31(48)11-12-54-18-32(49)43-22-5-8-25(28(13-22)37(50)51)33-26-9-6-23(46)14-29(26)53-30-15-24(47)7-10-27(30)33;32-16-2-5-19-22(12-16)40-23-13-17(33)3-6-20(23)28(19)18-4-1-15(11-21(18)29(38)39)30-24(34)14-42-10-9-27(37)41-31-25(35)7-8-26(31)36;14-5-8-1-3-9(4-2-8)6-20-12-10-11(17-7-16-10)18-13(15)19-12/h1-10,13-15,19,46H,11-12,16-18H2,(H,40,48)(H,43,49)(H,50,51)(H3,39,41,42,44,45);1-6,11-13,32H,7-10,14H2,(H,30,34)(H,38,39);1-4,7H,5-6,14H2,(H3,15,16,17,18,19). The van der Waals surface area contributed by atoms with Crippen LogP contribution in [0.3, 0.4) is 0 Å². The zero-order valence-electron chi connectivity index (χ0n) is 60.7. The molecule has 15 N–H and O–H groups in total. The number of thioether (sulfide) groups is 2. The molecule has 588 valence electrons. The minimum atomic E-state index is -1.26. The van der Waals surface area contributed by atoms with Crippen LogP contribution in [0.2, 0.25) is 0 Å². The third-order valence-corrected chi connectivity index (χ3v) is 19.5. The first-order valence-electron chi connectivity index (χ1n) is 35.3. The summed E-state index contributed by atoms with van der Waals surface area (Å²) in [6.45, 7) is 1.48. The average Bonchev–Trinajstić information content (AvgIpc) is 0.774. The third-order valence-electron chi connectivity index (χ3n) is 17.6. The van der Waals surface area contributed by atoms with Gasteiger partial charge in [0.2, 0.25) is 41.4 Å². The van der Waals surface area contributed by atoms with Gasteiger partial charge in [0, 0.05) is 113 Å². The Kier molecular flexibility index (Phi) is 24.4. The van der Waals surface area contributed by atoms with Gasteiger partial charge in [0.15, 0.2) is 22.2 Å². The maximum absolute atomic E-state index is 12.8. The van der Waals surface area contributed by atoms with Gasteiger partial charge >= 0.3 is 17.9 Å². The molecule has 10 aromatic rings. The van der Waals surface area contributed by atoms with E-state index in [4.69, 9.17) is 40.3 Å². The second kappa shape index (κ2) is 35.7. The van der Waals surface area contributed by atoms with Crippen LogP contribution in [0.15, 0.2) is 189 Å². The molecule has 0 unspecified atom stereocenters. The van der Waals surface area contributed by atoms with E-state index < -0.39 is 35.6 Å².